The maximum absolute atomic E-state index is 15.0. The fraction of sp³-hybridized carbons (Fsp3) is 0.300. The van der Waals surface area contributed by atoms with Crippen molar-refractivity contribution in [3.63, 3.8) is 0 Å². The van der Waals surface area contributed by atoms with Crippen LogP contribution in [0.3, 0.4) is 0 Å². The number of carboxylic acids is 1. The van der Waals surface area contributed by atoms with E-state index in [1.54, 1.807) is 43.3 Å². The van der Waals surface area contributed by atoms with Gasteiger partial charge in [-0.05, 0) is 64.9 Å². The van der Waals surface area contributed by atoms with Gasteiger partial charge in [0.1, 0.15) is 11.9 Å². The minimum atomic E-state index is -1.06. The van der Waals surface area contributed by atoms with Gasteiger partial charge in [0.05, 0.1) is 15.9 Å². The summed E-state index contributed by atoms with van der Waals surface area (Å²) in [6.07, 6.45) is 0.630. The van der Waals surface area contributed by atoms with Crippen LogP contribution in [-0.4, -0.2) is 28.0 Å². The van der Waals surface area contributed by atoms with Gasteiger partial charge in [-0.2, -0.15) is 0 Å². The lowest BCUT2D eigenvalue weighted by atomic mass is 9.98. The largest absolute Gasteiger partial charge is 0.480 e. The van der Waals surface area contributed by atoms with E-state index in [0.717, 1.165) is 15.8 Å². The van der Waals surface area contributed by atoms with Crippen molar-refractivity contribution < 1.29 is 19.1 Å². The number of carbonyl (C=O) groups is 2. The summed E-state index contributed by atoms with van der Waals surface area (Å²) in [5.41, 5.74) is 4.17. The summed E-state index contributed by atoms with van der Waals surface area (Å²) in [7, 11) is 0. The molecule has 0 aliphatic rings. The highest BCUT2D eigenvalue weighted by Gasteiger charge is 2.25. The van der Waals surface area contributed by atoms with Crippen LogP contribution in [-0.2, 0) is 4.79 Å². The Labute approximate surface area is 226 Å². The molecule has 0 aliphatic carbocycles. The van der Waals surface area contributed by atoms with Gasteiger partial charge in [-0.1, -0.05) is 77.1 Å². The first kappa shape index (κ1) is 28.8. The number of thiazole rings is 1. The van der Waals surface area contributed by atoms with E-state index in [-0.39, 0.29) is 13.3 Å². The molecule has 200 valence electrons. The third-order valence-electron chi connectivity index (χ3n) is 6.54. The number of rotatable bonds is 9. The fourth-order valence-corrected chi connectivity index (χ4v) is 4.91. The number of aromatic nitrogens is 1. The maximum atomic E-state index is 15.0. The predicted octanol–water partition coefficient (Wildman–Crippen LogP) is 7.83. The number of aliphatic carboxylic acids is 1. The fourth-order valence-electron chi connectivity index (χ4n) is 3.99. The Hall–Kier alpha value is -3.78. The molecular formula is C30H34FN3O3S. The monoisotopic (exact) mass is 535 g/mol. The molecule has 0 saturated heterocycles. The minimum absolute atomic E-state index is 0. The predicted molar refractivity (Wildman–Crippen MR) is 154 cm³/mol. The first-order chi connectivity index (χ1) is 17.7. The van der Waals surface area contributed by atoms with Crippen LogP contribution in [0.5, 0.6) is 0 Å². The van der Waals surface area contributed by atoms with Crippen molar-refractivity contribution in [3.05, 3.63) is 77.6 Å². The van der Waals surface area contributed by atoms with Crippen LogP contribution in [0.2, 0.25) is 0 Å². The molecule has 0 saturated carbocycles. The Morgan fingerprint density at radius 2 is 1.68 bits per heavy atom. The third kappa shape index (κ3) is 6.37. The average molecular weight is 536 g/mol. The number of anilines is 2. The second-order valence-electron chi connectivity index (χ2n) is 9.47. The molecule has 3 N–H and O–H groups in total. The van der Waals surface area contributed by atoms with Gasteiger partial charge >= 0.3 is 5.97 Å². The van der Waals surface area contributed by atoms with Crippen LogP contribution in [0.4, 0.5) is 15.2 Å². The Morgan fingerprint density at radius 3 is 2.29 bits per heavy atom. The molecule has 0 spiro atoms. The topological polar surface area (TPSA) is 91.3 Å². The summed E-state index contributed by atoms with van der Waals surface area (Å²) >= 11 is 1.48. The SMILES string of the molecule is C.CC[C@H](C)[C@H](NC(=O)c1ccc(-c2ccc(Nc3nc4ccc(C(C)C)cc4s3)c(F)c2)cc1)C(=O)O. The Balaban J connectivity index is 0.00000400. The van der Waals surface area contributed by atoms with E-state index >= 15 is 0 Å². The van der Waals surface area contributed by atoms with Crippen molar-refractivity contribution in [3.8, 4) is 11.1 Å². The van der Waals surface area contributed by atoms with E-state index in [2.05, 4.69) is 41.6 Å². The molecule has 0 bridgehead atoms. The van der Waals surface area contributed by atoms with Crippen LogP contribution in [0.25, 0.3) is 21.3 Å². The van der Waals surface area contributed by atoms with E-state index in [4.69, 9.17) is 0 Å². The van der Waals surface area contributed by atoms with Crippen LogP contribution < -0.4 is 10.6 Å². The summed E-state index contributed by atoms with van der Waals surface area (Å²) < 4.78 is 16.0. The molecule has 6 nitrogen and oxygen atoms in total. The van der Waals surface area contributed by atoms with E-state index < -0.39 is 23.7 Å². The van der Waals surface area contributed by atoms with Crippen LogP contribution in [0.1, 0.15) is 63.4 Å². The molecule has 0 aliphatic heterocycles. The summed E-state index contributed by atoms with van der Waals surface area (Å²) in [5, 5.41) is 15.7. The summed E-state index contributed by atoms with van der Waals surface area (Å²) in [6.45, 7) is 7.95. The van der Waals surface area contributed by atoms with Crippen molar-refractivity contribution in [2.45, 2.75) is 53.5 Å². The average Bonchev–Trinajstić information content (AvgIpc) is 3.29. The molecule has 4 rings (SSSR count). The highest BCUT2D eigenvalue weighted by Crippen LogP contribution is 2.32. The van der Waals surface area contributed by atoms with E-state index in [1.807, 2.05) is 13.0 Å². The van der Waals surface area contributed by atoms with Gasteiger partial charge in [0.2, 0.25) is 0 Å². The van der Waals surface area contributed by atoms with Crippen molar-refractivity contribution in [1.29, 1.82) is 0 Å². The molecule has 38 heavy (non-hydrogen) atoms. The zero-order chi connectivity index (χ0) is 26.7. The molecule has 0 unspecified atom stereocenters. The Kier molecular flexibility index (Phi) is 9.22. The number of hydrogen-bond acceptors (Lipinski definition) is 5. The van der Waals surface area contributed by atoms with Crippen LogP contribution in [0, 0.1) is 11.7 Å². The standard InChI is InChI=1S/C29H30FN3O3S.CH4/c1-5-17(4)26(28(35)36)33-27(34)19-8-6-18(7-9-19)21-11-12-23(22(30)14-21)31-29-32-24-13-10-20(16(2)3)15-25(24)37-29;/h6-17,26H,5H2,1-4H3,(H,31,32)(H,33,34)(H,35,36);1H4/t17-,26-;/m0./s1. The first-order valence-electron chi connectivity index (χ1n) is 12.3. The highest BCUT2D eigenvalue weighted by atomic mass is 32.1. The van der Waals surface area contributed by atoms with Gasteiger partial charge in [-0.3, -0.25) is 4.79 Å². The van der Waals surface area contributed by atoms with Gasteiger partial charge in [-0.15, -0.1) is 0 Å². The summed E-state index contributed by atoms with van der Waals surface area (Å²) in [6, 6.07) is 16.8. The van der Waals surface area contributed by atoms with Crippen LogP contribution >= 0.6 is 11.3 Å². The number of fused-ring (bicyclic) bond motifs is 1. The molecule has 3 aromatic carbocycles. The molecule has 1 heterocycles. The molecule has 1 amide bonds. The molecule has 4 aromatic rings. The van der Waals surface area contributed by atoms with Gasteiger partial charge in [0, 0.05) is 5.56 Å². The second-order valence-corrected chi connectivity index (χ2v) is 10.5. The number of carboxylic acid groups (broad SMARTS) is 1. The zero-order valence-electron chi connectivity index (χ0n) is 21.2. The molecule has 8 heteroatoms. The number of halogens is 1. The van der Waals surface area contributed by atoms with Gasteiger partial charge in [0.15, 0.2) is 5.13 Å². The highest BCUT2D eigenvalue weighted by molar-refractivity contribution is 7.22. The normalized spacial score (nSPS) is 12.6. The number of nitrogens with zero attached hydrogens (tertiary/aromatic N) is 1. The van der Waals surface area contributed by atoms with Gasteiger partial charge in [0.25, 0.3) is 5.91 Å². The smallest absolute Gasteiger partial charge is 0.326 e. The first-order valence-corrected chi connectivity index (χ1v) is 13.1. The molecule has 0 radical (unpaired) electrons. The molecule has 2 atom stereocenters. The lowest BCUT2D eigenvalue weighted by molar-refractivity contribution is -0.140. The molecule has 0 fully saturated rings. The molecular weight excluding hydrogens is 501 g/mol. The van der Waals surface area contributed by atoms with Gasteiger partial charge in [-0.25, -0.2) is 14.2 Å². The second kappa shape index (κ2) is 12.2. The maximum Gasteiger partial charge on any atom is 0.326 e. The lowest BCUT2D eigenvalue weighted by Crippen LogP contribution is -2.45. The number of benzene rings is 3. The van der Waals surface area contributed by atoms with E-state index in [9.17, 15) is 19.1 Å². The van der Waals surface area contributed by atoms with Gasteiger partial charge < -0.3 is 15.7 Å². The lowest BCUT2D eigenvalue weighted by Gasteiger charge is -2.20. The van der Waals surface area contributed by atoms with Crippen molar-refractivity contribution in [2.75, 3.05) is 5.32 Å². The molecule has 1 aromatic heterocycles. The van der Waals surface area contributed by atoms with E-state index in [1.165, 1.54) is 23.0 Å². The number of amides is 1. The quantitative estimate of drug-likeness (QED) is 0.203. The number of carbonyl (C=O) groups excluding carboxylic acids is 1. The number of hydrogen-bond donors (Lipinski definition) is 3. The van der Waals surface area contributed by atoms with Crippen molar-refractivity contribution in [1.82, 2.24) is 10.3 Å². The van der Waals surface area contributed by atoms with E-state index in [0.29, 0.717) is 34.3 Å². The van der Waals surface area contributed by atoms with Crippen molar-refractivity contribution >= 4 is 44.2 Å². The third-order valence-corrected chi connectivity index (χ3v) is 7.47. The van der Waals surface area contributed by atoms with Crippen LogP contribution in [0.15, 0.2) is 60.7 Å². The Bertz CT molecular complexity index is 1430. The summed E-state index contributed by atoms with van der Waals surface area (Å²) in [4.78, 5) is 28.6. The number of nitrogens with one attached hydrogen (secondary N) is 2. The van der Waals surface area contributed by atoms with Crippen molar-refractivity contribution in [2.24, 2.45) is 5.92 Å². The minimum Gasteiger partial charge on any atom is -0.480 e. The Morgan fingerprint density at radius 1 is 1.00 bits per heavy atom. The zero-order valence-corrected chi connectivity index (χ0v) is 22.0. The summed E-state index contributed by atoms with van der Waals surface area (Å²) in [5.74, 6) is -1.71.